The molecule has 29 heavy (non-hydrogen) atoms. The molecule has 6 nitrogen and oxygen atoms in total. The fourth-order valence-corrected chi connectivity index (χ4v) is 2.43. The average molecular weight is 395 g/mol. The van der Waals surface area contributed by atoms with Gasteiger partial charge in [0.1, 0.15) is 24.2 Å². The second-order valence-electron chi connectivity index (χ2n) is 6.47. The van der Waals surface area contributed by atoms with Gasteiger partial charge in [-0.3, -0.25) is 9.59 Å². The molecular formula is C22H22FN3O3. The van der Waals surface area contributed by atoms with Crippen LogP contribution >= 0.6 is 0 Å². The third kappa shape index (κ3) is 6.47. The SMILES string of the molecule is C#CCOc1ccccc1/C=N/NC(=O)C(NC(=O)c1ccc(F)cc1)C(C)C. The number of halogens is 1. The van der Waals surface area contributed by atoms with Gasteiger partial charge in [-0.25, -0.2) is 9.82 Å². The van der Waals surface area contributed by atoms with E-state index in [1.165, 1.54) is 30.5 Å². The van der Waals surface area contributed by atoms with E-state index in [4.69, 9.17) is 11.2 Å². The third-order valence-electron chi connectivity index (χ3n) is 3.95. The van der Waals surface area contributed by atoms with Crippen molar-refractivity contribution in [1.82, 2.24) is 10.7 Å². The van der Waals surface area contributed by atoms with Crippen LogP contribution in [0.15, 0.2) is 53.6 Å². The lowest BCUT2D eigenvalue weighted by Crippen LogP contribution is -2.48. The zero-order valence-corrected chi connectivity index (χ0v) is 16.2. The number of ether oxygens (including phenoxy) is 1. The van der Waals surface area contributed by atoms with Crippen LogP contribution in [-0.4, -0.2) is 30.7 Å². The number of amides is 2. The maximum Gasteiger partial charge on any atom is 0.262 e. The summed E-state index contributed by atoms with van der Waals surface area (Å²) in [6.07, 6.45) is 6.63. The van der Waals surface area contributed by atoms with Crippen LogP contribution in [0.1, 0.15) is 29.8 Å². The Morgan fingerprint density at radius 2 is 1.90 bits per heavy atom. The Hall–Kier alpha value is -3.66. The van der Waals surface area contributed by atoms with E-state index in [0.717, 1.165) is 0 Å². The molecule has 2 N–H and O–H groups in total. The Bertz CT molecular complexity index is 918. The van der Waals surface area contributed by atoms with E-state index >= 15 is 0 Å². The third-order valence-corrected chi connectivity index (χ3v) is 3.95. The first-order chi connectivity index (χ1) is 13.9. The van der Waals surface area contributed by atoms with E-state index in [2.05, 4.69) is 21.8 Å². The van der Waals surface area contributed by atoms with Gasteiger partial charge in [0, 0.05) is 11.1 Å². The summed E-state index contributed by atoms with van der Waals surface area (Å²) in [6.45, 7) is 3.70. The first-order valence-electron chi connectivity index (χ1n) is 8.97. The second-order valence-corrected chi connectivity index (χ2v) is 6.47. The van der Waals surface area contributed by atoms with Crippen molar-refractivity contribution < 1.29 is 18.7 Å². The van der Waals surface area contributed by atoms with Crippen molar-refractivity contribution in [3.8, 4) is 18.1 Å². The van der Waals surface area contributed by atoms with Crippen LogP contribution < -0.4 is 15.5 Å². The van der Waals surface area contributed by atoms with E-state index in [9.17, 15) is 14.0 Å². The van der Waals surface area contributed by atoms with Gasteiger partial charge in [-0.1, -0.05) is 31.9 Å². The van der Waals surface area contributed by atoms with Gasteiger partial charge in [0.15, 0.2) is 0 Å². The number of rotatable bonds is 8. The van der Waals surface area contributed by atoms with E-state index < -0.39 is 23.7 Å². The van der Waals surface area contributed by atoms with Crippen LogP contribution in [0, 0.1) is 24.1 Å². The number of carbonyl (C=O) groups is 2. The lowest BCUT2D eigenvalue weighted by Gasteiger charge is -2.20. The number of hydrogen-bond donors (Lipinski definition) is 2. The van der Waals surface area contributed by atoms with Crippen LogP contribution in [0.4, 0.5) is 4.39 Å². The molecule has 1 unspecified atom stereocenters. The molecule has 0 radical (unpaired) electrons. The van der Waals surface area contributed by atoms with Crippen molar-refractivity contribution in [2.24, 2.45) is 11.0 Å². The van der Waals surface area contributed by atoms with Crippen molar-refractivity contribution >= 4 is 18.0 Å². The first kappa shape index (κ1) is 21.6. The summed E-state index contributed by atoms with van der Waals surface area (Å²) in [5.74, 6) is 1.33. The van der Waals surface area contributed by atoms with E-state index in [-0.39, 0.29) is 18.1 Å². The number of nitrogens with zero attached hydrogens (tertiary/aromatic N) is 1. The van der Waals surface area contributed by atoms with Crippen LogP contribution in [0.3, 0.4) is 0 Å². The topological polar surface area (TPSA) is 79.8 Å². The Morgan fingerprint density at radius 1 is 1.21 bits per heavy atom. The van der Waals surface area contributed by atoms with Crippen LogP contribution in [0.25, 0.3) is 0 Å². The lowest BCUT2D eigenvalue weighted by atomic mass is 10.0. The van der Waals surface area contributed by atoms with Crippen LogP contribution in [0.5, 0.6) is 5.75 Å². The molecule has 0 saturated carbocycles. The zero-order valence-electron chi connectivity index (χ0n) is 16.2. The fourth-order valence-electron chi connectivity index (χ4n) is 2.43. The van der Waals surface area contributed by atoms with Crippen molar-refractivity contribution in [2.75, 3.05) is 6.61 Å². The number of terminal acetylenes is 1. The molecule has 2 aromatic carbocycles. The molecule has 0 fully saturated rings. The predicted molar refractivity (Wildman–Crippen MR) is 109 cm³/mol. The minimum Gasteiger partial charge on any atom is -0.480 e. The normalized spacial score (nSPS) is 11.7. The summed E-state index contributed by atoms with van der Waals surface area (Å²) < 4.78 is 18.4. The van der Waals surface area contributed by atoms with Crippen molar-refractivity contribution in [3.05, 3.63) is 65.5 Å². The second kappa shape index (κ2) is 10.6. The molecule has 2 rings (SSSR count). The average Bonchev–Trinajstić information content (AvgIpc) is 2.71. The highest BCUT2D eigenvalue weighted by Gasteiger charge is 2.24. The van der Waals surface area contributed by atoms with Gasteiger partial charge in [0.05, 0.1) is 6.21 Å². The van der Waals surface area contributed by atoms with Gasteiger partial charge in [0.2, 0.25) is 0 Å². The summed E-state index contributed by atoms with van der Waals surface area (Å²) in [4.78, 5) is 24.8. The van der Waals surface area contributed by atoms with Crippen molar-refractivity contribution in [2.45, 2.75) is 19.9 Å². The number of hydrazone groups is 1. The Labute approximate surface area is 169 Å². The molecule has 150 valence electrons. The summed E-state index contributed by atoms with van der Waals surface area (Å²) >= 11 is 0. The number of hydrogen-bond acceptors (Lipinski definition) is 4. The summed E-state index contributed by atoms with van der Waals surface area (Å²) in [7, 11) is 0. The summed E-state index contributed by atoms with van der Waals surface area (Å²) in [5.41, 5.74) is 3.32. The maximum atomic E-state index is 13.0. The minimum absolute atomic E-state index is 0.113. The van der Waals surface area contributed by atoms with E-state index in [0.29, 0.717) is 11.3 Å². The Balaban J connectivity index is 2.03. The molecule has 0 heterocycles. The number of carbonyl (C=O) groups excluding carboxylic acids is 2. The smallest absolute Gasteiger partial charge is 0.262 e. The van der Waals surface area contributed by atoms with E-state index in [1.54, 1.807) is 38.1 Å². The molecule has 7 heteroatoms. The zero-order chi connectivity index (χ0) is 21.2. The Morgan fingerprint density at radius 3 is 2.55 bits per heavy atom. The van der Waals surface area contributed by atoms with E-state index in [1.807, 2.05) is 0 Å². The van der Waals surface area contributed by atoms with Gasteiger partial charge in [-0.05, 0) is 42.3 Å². The van der Waals surface area contributed by atoms with Gasteiger partial charge >= 0.3 is 0 Å². The Kier molecular flexibility index (Phi) is 7.92. The van der Waals surface area contributed by atoms with Gasteiger partial charge < -0.3 is 10.1 Å². The monoisotopic (exact) mass is 395 g/mol. The van der Waals surface area contributed by atoms with Gasteiger partial charge in [-0.2, -0.15) is 5.10 Å². The highest BCUT2D eigenvalue weighted by Crippen LogP contribution is 2.15. The van der Waals surface area contributed by atoms with Crippen molar-refractivity contribution in [3.63, 3.8) is 0 Å². The molecule has 1 atom stereocenters. The molecule has 0 saturated heterocycles. The quantitative estimate of drug-likeness (QED) is 0.410. The highest BCUT2D eigenvalue weighted by atomic mass is 19.1. The summed E-state index contributed by atoms with van der Waals surface area (Å²) in [5, 5.41) is 6.59. The molecule has 0 aromatic heterocycles. The molecule has 2 amide bonds. The molecule has 0 bridgehead atoms. The molecule has 0 aliphatic heterocycles. The number of benzene rings is 2. The fraction of sp³-hybridized carbons (Fsp3) is 0.227. The molecule has 0 aliphatic rings. The predicted octanol–water partition coefficient (Wildman–Crippen LogP) is 2.74. The maximum absolute atomic E-state index is 13.0. The lowest BCUT2D eigenvalue weighted by molar-refractivity contribution is -0.123. The minimum atomic E-state index is -0.822. The van der Waals surface area contributed by atoms with Gasteiger partial charge in [-0.15, -0.1) is 6.42 Å². The largest absolute Gasteiger partial charge is 0.480 e. The molecule has 0 aliphatic carbocycles. The first-order valence-corrected chi connectivity index (χ1v) is 8.97. The van der Waals surface area contributed by atoms with Gasteiger partial charge in [0.25, 0.3) is 11.8 Å². The number of para-hydroxylation sites is 1. The molecule has 0 spiro atoms. The standard InChI is InChI=1S/C22H22FN3O3/c1-4-13-29-19-8-6-5-7-17(19)14-24-26-22(28)20(15(2)3)25-21(27)16-9-11-18(23)12-10-16/h1,5-12,14-15,20H,13H2,2-3H3,(H,25,27)(H,26,28)/b24-14+. The van der Waals surface area contributed by atoms with Crippen LogP contribution in [-0.2, 0) is 4.79 Å². The molecular weight excluding hydrogens is 373 g/mol. The summed E-state index contributed by atoms with van der Waals surface area (Å²) in [6, 6.07) is 11.3. The van der Waals surface area contributed by atoms with Crippen LogP contribution in [0.2, 0.25) is 0 Å². The van der Waals surface area contributed by atoms with Crippen molar-refractivity contribution in [1.29, 1.82) is 0 Å². The number of nitrogens with one attached hydrogen (secondary N) is 2. The highest BCUT2D eigenvalue weighted by molar-refractivity contribution is 5.97. The molecule has 2 aromatic rings.